The number of carbonyl (C=O) groups excluding carboxylic acids is 2. The highest BCUT2D eigenvalue weighted by atomic mass is 16.6. The molecule has 1 aliphatic rings. The van der Waals surface area contributed by atoms with Gasteiger partial charge in [-0.05, 0) is 29.0 Å². The number of fused-ring (bicyclic) bond motifs is 2. The molecule has 1 heterocycles. The molecule has 3 aromatic carbocycles. The number of imide groups is 1. The fourth-order valence-corrected chi connectivity index (χ4v) is 2.89. The molecule has 0 spiro atoms. The van der Waals surface area contributed by atoms with E-state index in [-0.39, 0.29) is 16.8 Å². The Labute approximate surface area is 136 Å². The molecule has 0 N–H and O–H groups in total. The Kier molecular flexibility index (Phi) is 2.93. The Morgan fingerprint density at radius 3 is 2.25 bits per heavy atom. The number of anilines is 1. The van der Waals surface area contributed by atoms with Crippen LogP contribution >= 0.6 is 0 Å². The number of nitro benzene ring substituents is 1. The zero-order valence-corrected chi connectivity index (χ0v) is 12.3. The van der Waals surface area contributed by atoms with Crippen LogP contribution < -0.4 is 4.90 Å². The largest absolute Gasteiger partial charge is 0.270 e. The van der Waals surface area contributed by atoms with Crippen LogP contribution in [0.1, 0.15) is 20.7 Å². The standard InChI is InChI=1S/C18H10N2O4/c21-17-15-8-7-14(20(23)24)10-16(15)18(22)19(17)13-6-5-11-3-1-2-4-12(11)9-13/h1-10H. The van der Waals surface area contributed by atoms with E-state index < -0.39 is 16.7 Å². The first-order valence-corrected chi connectivity index (χ1v) is 7.22. The summed E-state index contributed by atoms with van der Waals surface area (Å²) in [6.45, 7) is 0. The maximum atomic E-state index is 12.6. The molecule has 0 aromatic heterocycles. The minimum atomic E-state index is -0.587. The van der Waals surface area contributed by atoms with Gasteiger partial charge in [0.15, 0.2) is 0 Å². The third-order valence-electron chi connectivity index (χ3n) is 4.07. The summed E-state index contributed by atoms with van der Waals surface area (Å²) in [4.78, 5) is 36.5. The van der Waals surface area contributed by atoms with Gasteiger partial charge in [0.25, 0.3) is 17.5 Å². The van der Waals surface area contributed by atoms with E-state index >= 15 is 0 Å². The molecule has 0 saturated heterocycles. The average molecular weight is 318 g/mol. The molecule has 0 bridgehead atoms. The lowest BCUT2D eigenvalue weighted by atomic mass is 10.1. The summed E-state index contributed by atoms with van der Waals surface area (Å²) >= 11 is 0. The third-order valence-corrected chi connectivity index (χ3v) is 4.07. The first-order valence-electron chi connectivity index (χ1n) is 7.22. The summed E-state index contributed by atoms with van der Waals surface area (Å²) in [5.41, 5.74) is 0.471. The number of benzene rings is 3. The normalized spacial score (nSPS) is 13.4. The molecule has 4 rings (SSSR count). The Bertz CT molecular complexity index is 1040. The summed E-state index contributed by atoms with van der Waals surface area (Å²) in [7, 11) is 0. The van der Waals surface area contributed by atoms with E-state index in [2.05, 4.69) is 0 Å². The van der Waals surface area contributed by atoms with Crippen molar-refractivity contribution >= 4 is 34.0 Å². The van der Waals surface area contributed by atoms with Gasteiger partial charge in [0.1, 0.15) is 0 Å². The number of hydrogen-bond acceptors (Lipinski definition) is 4. The fourth-order valence-electron chi connectivity index (χ4n) is 2.89. The molecule has 24 heavy (non-hydrogen) atoms. The van der Waals surface area contributed by atoms with Crippen LogP contribution in [0, 0.1) is 10.1 Å². The third kappa shape index (κ3) is 1.97. The van der Waals surface area contributed by atoms with Gasteiger partial charge in [-0.1, -0.05) is 30.3 Å². The van der Waals surface area contributed by atoms with Crippen LogP contribution in [0.4, 0.5) is 11.4 Å². The van der Waals surface area contributed by atoms with E-state index in [1.54, 1.807) is 12.1 Å². The summed E-state index contributed by atoms with van der Waals surface area (Å²) in [6.07, 6.45) is 0. The van der Waals surface area contributed by atoms with Crippen LogP contribution in [0.5, 0.6) is 0 Å². The number of nitro groups is 1. The van der Waals surface area contributed by atoms with Crippen molar-refractivity contribution in [2.24, 2.45) is 0 Å². The quantitative estimate of drug-likeness (QED) is 0.411. The van der Waals surface area contributed by atoms with Crippen molar-refractivity contribution in [2.45, 2.75) is 0 Å². The lowest BCUT2D eigenvalue weighted by Crippen LogP contribution is -2.29. The van der Waals surface area contributed by atoms with Crippen molar-refractivity contribution < 1.29 is 14.5 Å². The summed E-state index contributed by atoms with van der Waals surface area (Å²) < 4.78 is 0. The molecule has 116 valence electrons. The number of amides is 2. The molecular formula is C18H10N2O4. The number of hydrogen-bond donors (Lipinski definition) is 0. The van der Waals surface area contributed by atoms with Crippen molar-refractivity contribution in [3.63, 3.8) is 0 Å². The minimum absolute atomic E-state index is 0.0577. The molecular weight excluding hydrogens is 308 g/mol. The highest BCUT2D eigenvalue weighted by molar-refractivity contribution is 6.34. The molecule has 0 radical (unpaired) electrons. The zero-order chi connectivity index (χ0) is 16.8. The Morgan fingerprint density at radius 2 is 1.50 bits per heavy atom. The van der Waals surface area contributed by atoms with E-state index in [0.29, 0.717) is 5.69 Å². The van der Waals surface area contributed by atoms with Gasteiger partial charge in [0.05, 0.1) is 21.7 Å². The molecule has 0 fully saturated rings. The highest BCUT2D eigenvalue weighted by Gasteiger charge is 2.37. The van der Waals surface area contributed by atoms with Crippen molar-refractivity contribution in [3.8, 4) is 0 Å². The number of non-ortho nitro benzene ring substituents is 1. The van der Waals surface area contributed by atoms with Crippen LogP contribution in [-0.2, 0) is 0 Å². The SMILES string of the molecule is O=C1c2ccc([N+](=O)[O-])cc2C(=O)N1c1ccc2ccccc2c1. The van der Waals surface area contributed by atoms with Crippen molar-refractivity contribution in [1.29, 1.82) is 0 Å². The average Bonchev–Trinajstić information content (AvgIpc) is 2.85. The van der Waals surface area contributed by atoms with Gasteiger partial charge in [-0.2, -0.15) is 0 Å². The molecule has 6 heteroatoms. The second kappa shape index (κ2) is 4.99. The fraction of sp³-hybridized carbons (Fsp3) is 0. The minimum Gasteiger partial charge on any atom is -0.268 e. The lowest BCUT2D eigenvalue weighted by molar-refractivity contribution is -0.384. The molecule has 0 unspecified atom stereocenters. The summed E-state index contributed by atoms with van der Waals surface area (Å²) in [5, 5.41) is 12.8. The zero-order valence-electron chi connectivity index (χ0n) is 12.3. The highest BCUT2D eigenvalue weighted by Crippen LogP contribution is 2.32. The van der Waals surface area contributed by atoms with Crippen LogP contribution in [-0.4, -0.2) is 16.7 Å². The first kappa shape index (κ1) is 14.1. The van der Waals surface area contributed by atoms with Crippen molar-refractivity contribution in [3.05, 3.63) is 81.9 Å². The van der Waals surface area contributed by atoms with Crippen LogP contribution in [0.3, 0.4) is 0 Å². The maximum absolute atomic E-state index is 12.6. The molecule has 3 aromatic rings. The molecule has 0 saturated carbocycles. The maximum Gasteiger partial charge on any atom is 0.270 e. The monoisotopic (exact) mass is 318 g/mol. The van der Waals surface area contributed by atoms with Gasteiger partial charge in [-0.3, -0.25) is 19.7 Å². The molecule has 6 nitrogen and oxygen atoms in total. The molecule has 0 aliphatic carbocycles. The Morgan fingerprint density at radius 1 is 0.792 bits per heavy atom. The van der Waals surface area contributed by atoms with Crippen molar-refractivity contribution in [2.75, 3.05) is 4.90 Å². The number of nitrogens with zero attached hydrogens (tertiary/aromatic N) is 2. The lowest BCUT2D eigenvalue weighted by Gasteiger charge is -2.14. The second-order valence-electron chi connectivity index (χ2n) is 5.46. The predicted molar refractivity (Wildman–Crippen MR) is 88.2 cm³/mol. The summed E-state index contributed by atoms with van der Waals surface area (Å²) in [5.74, 6) is -1.02. The van der Waals surface area contributed by atoms with E-state index in [4.69, 9.17) is 0 Å². The van der Waals surface area contributed by atoms with Gasteiger partial charge < -0.3 is 0 Å². The Balaban J connectivity index is 1.82. The predicted octanol–water partition coefficient (Wildman–Crippen LogP) is 3.55. The van der Waals surface area contributed by atoms with E-state index in [0.717, 1.165) is 21.7 Å². The van der Waals surface area contributed by atoms with Gasteiger partial charge >= 0.3 is 0 Å². The van der Waals surface area contributed by atoms with Crippen molar-refractivity contribution in [1.82, 2.24) is 0 Å². The van der Waals surface area contributed by atoms with Crippen LogP contribution in [0.2, 0.25) is 0 Å². The van der Waals surface area contributed by atoms with E-state index in [1.165, 1.54) is 12.1 Å². The molecule has 1 aliphatic heterocycles. The van der Waals surface area contributed by atoms with Gasteiger partial charge in [-0.25, -0.2) is 4.90 Å². The Hall–Kier alpha value is -3.54. The first-order chi connectivity index (χ1) is 11.6. The van der Waals surface area contributed by atoms with Crippen LogP contribution in [0.25, 0.3) is 10.8 Å². The van der Waals surface area contributed by atoms with Gasteiger partial charge in [-0.15, -0.1) is 0 Å². The van der Waals surface area contributed by atoms with Crippen LogP contribution in [0.15, 0.2) is 60.7 Å². The number of rotatable bonds is 2. The molecule has 2 amide bonds. The smallest absolute Gasteiger partial charge is 0.268 e. The van der Waals surface area contributed by atoms with Gasteiger partial charge in [0, 0.05) is 12.1 Å². The number of carbonyl (C=O) groups is 2. The van der Waals surface area contributed by atoms with E-state index in [1.807, 2.05) is 30.3 Å². The summed E-state index contributed by atoms with van der Waals surface area (Å²) in [6, 6.07) is 16.6. The second-order valence-corrected chi connectivity index (χ2v) is 5.46. The van der Waals surface area contributed by atoms with Gasteiger partial charge in [0.2, 0.25) is 0 Å². The topological polar surface area (TPSA) is 80.5 Å². The molecule has 0 atom stereocenters. The van der Waals surface area contributed by atoms with E-state index in [9.17, 15) is 19.7 Å².